The SMILES string of the molecule is N[C@@H](c1ccc(C(F)(F)F)cc1F)[C@H](O)C1CCC1. The molecule has 106 valence electrons. The zero-order valence-electron chi connectivity index (χ0n) is 10.1. The fourth-order valence-electron chi connectivity index (χ4n) is 2.23. The van der Waals surface area contributed by atoms with Gasteiger partial charge in [0.05, 0.1) is 17.7 Å². The topological polar surface area (TPSA) is 46.2 Å². The molecular weight excluding hydrogens is 262 g/mol. The smallest absolute Gasteiger partial charge is 0.391 e. The summed E-state index contributed by atoms with van der Waals surface area (Å²) in [7, 11) is 0. The highest BCUT2D eigenvalue weighted by atomic mass is 19.4. The number of rotatable bonds is 3. The Hall–Kier alpha value is -1.14. The lowest BCUT2D eigenvalue weighted by molar-refractivity contribution is -0.137. The van der Waals surface area contributed by atoms with Crippen molar-refractivity contribution in [2.75, 3.05) is 0 Å². The van der Waals surface area contributed by atoms with Crippen LogP contribution in [-0.2, 0) is 6.18 Å². The van der Waals surface area contributed by atoms with E-state index >= 15 is 0 Å². The maximum Gasteiger partial charge on any atom is 0.416 e. The van der Waals surface area contributed by atoms with E-state index in [4.69, 9.17) is 5.73 Å². The molecule has 19 heavy (non-hydrogen) atoms. The second kappa shape index (κ2) is 5.09. The highest BCUT2D eigenvalue weighted by Crippen LogP contribution is 2.36. The Bertz CT molecular complexity index is 456. The molecule has 0 bridgehead atoms. The lowest BCUT2D eigenvalue weighted by Gasteiger charge is -2.34. The molecule has 6 heteroatoms. The Balaban J connectivity index is 2.20. The summed E-state index contributed by atoms with van der Waals surface area (Å²) in [6, 6.07) is 1.21. The molecule has 1 aliphatic rings. The zero-order chi connectivity index (χ0) is 14.2. The van der Waals surface area contributed by atoms with Crippen LogP contribution >= 0.6 is 0 Å². The van der Waals surface area contributed by atoms with Crippen LogP contribution < -0.4 is 5.73 Å². The number of hydrogen-bond donors (Lipinski definition) is 2. The molecule has 3 N–H and O–H groups in total. The van der Waals surface area contributed by atoms with Crippen LogP contribution in [0, 0.1) is 11.7 Å². The van der Waals surface area contributed by atoms with Crippen molar-refractivity contribution in [3.05, 3.63) is 35.1 Å². The van der Waals surface area contributed by atoms with Gasteiger partial charge < -0.3 is 10.8 Å². The molecule has 1 saturated carbocycles. The molecule has 2 rings (SSSR count). The minimum absolute atomic E-state index is 0.0108. The van der Waals surface area contributed by atoms with Crippen molar-refractivity contribution in [1.82, 2.24) is 0 Å². The summed E-state index contributed by atoms with van der Waals surface area (Å²) in [6.07, 6.45) is -2.88. The highest BCUT2D eigenvalue weighted by Gasteiger charge is 2.34. The quantitative estimate of drug-likeness (QED) is 0.834. The van der Waals surface area contributed by atoms with Crippen LogP contribution in [0.5, 0.6) is 0 Å². The van der Waals surface area contributed by atoms with Gasteiger partial charge >= 0.3 is 6.18 Å². The first-order valence-electron chi connectivity index (χ1n) is 6.11. The Kier molecular flexibility index (Phi) is 3.82. The molecule has 0 amide bonds. The fraction of sp³-hybridized carbons (Fsp3) is 0.538. The van der Waals surface area contributed by atoms with Crippen LogP contribution in [0.4, 0.5) is 17.6 Å². The summed E-state index contributed by atoms with van der Waals surface area (Å²) in [5.74, 6) is -1.02. The van der Waals surface area contributed by atoms with E-state index in [1.54, 1.807) is 0 Å². The fourth-order valence-corrected chi connectivity index (χ4v) is 2.23. The molecule has 2 atom stereocenters. The van der Waals surface area contributed by atoms with Gasteiger partial charge in [-0.15, -0.1) is 0 Å². The Morgan fingerprint density at radius 1 is 1.26 bits per heavy atom. The maximum atomic E-state index is 13.7. The van der Waals surface area contributed by atoms with Crippen LogP contribution in [0.15, 0.2) is 18.2 Å². The van der Waals surface area contributed by atoms with E-state index in [1.807, 2.05) is 0 Å². The molecule has 1 aromatic rings. The largest absolute Gasteiger partial charge is 0.416 e. The maximum absolute atomic E-state index is 13.7. The molecule has 0 heterocycles. The van der Waals surface area contributed by atoms with Crippen LogP contribution in [-0.4, -0.2) is 11.2 Å². The molecule has 2 nitrogen and oxygen atoms in total. The minimum atomic E-state index is -4.59. The van der Waals surface area contributed by atoms with Gasteiger partial charge in [-0.1, -0.05) is 12.5 Å². The first-order valence-corrected chi connectivity index (χ1v) is 6.11. The van der Waals surface area contributed by atoms with Gasteiger partial charge in [0.15, 0.2) is 0 Å². The van der Waals surface area contributed by atoms with E-state index in [9.17, 15) is 22.7 Å². The van der Waals surface area contributed by atoms with Gasteiger partial charge in [0, 0.05) is 5.56 Å². The Morgan fingerprint density at radius 3 is 2.32 bits per heavy atom. The lowest BCUT2D eigenvalue weighted by atomic mass is 9.77. The molecule has 0 aliphatic heterocycles. The van der Waals surface area contributed by atoms with E-state index in [-0.39, 0.29) is 11.5 Å². The monoisotopic (exact) mass is 277 g/mol. The Morgan fingerprint density at radius 2 is 1.89 bits per heavy atom. The zero-order valence-corrected chi connectivity index (χ0v) is 10.1. The Labute approximate surface area is 108 Å². The molecule has 1 aromatic carbocycles. The van der Waals surface area contributed by atoms with Gasteiger partial charge in [0.1, 0.15) is 5.82 Å². The van der Waals surface area contributed by atoms with Crippen LogP contribution in [0.1, 0.15) is 36.4 Å². The molecular formula is C13H15F4NO. The standard InChI is InChI=1S/C13H15F4NO/c14-10-6-8(13(15,16)17)4-5-9(10)11(18)12(19)7-2-1-3-7/h4-7,11-12,19H,1-3,18H2/t11-,12+/m0/s1. The van der Waals surface area contributed by atoms with Gasteiger partial charge in [-0.25, -0.2) is 4.39 Å². The van der Waals surface area contributed by atoms with Gasteiger partial charge in [-0.05, 0) is 30.9 Å². The number of aliphatic hydroxyl groups is 1. The second-order valence-corrected chi connectivity index (χ2v) is 4.94. The van der Waals surface area contributed by atoms with Gasteiger partial charge in [0.2, 0.25) is 0 Å². The second-order valence-electron chi connectivity index (χ2n) is 4.94. The molecule has 1 aliphatic carbocycles. The average molecular weight is 277 g/mol. The van der Waals surface area contributed by atoms with Crippen molar-refractivity contribution in [3.8, 4) is 0 Å². The summed E-state index contributed by atoms with van der Waals surface area (Å²) in [6.45, 7) is 0. The van der Waals surface area contributed by atoms with Crippen LogP contribution in [0.25, 0.3) is 0 Å². The molecule has 0 aromatic heterocycles. The van der Waals surface area contributed by atoms with Crippen LogP contribution in [0.2, 0.25) is 0 Å². The van der Waals surface area contributed by atoms with Crippen molar-refractivity contribution in [3.63, 3.8) is 0 Å². The number of halogens is 4. The van der Waals surface area contributed by atoms with Gasteiger partial charge in [0.25, 0.3) is 0 Å². The van der Waals surface area contributed by atoms with Crippen LogP contribution in [0.3, 0.4) is 0 Å². The minimum Gasteiger partial charge on any atom is -0.391 e. The van der Waals surface area contributed by atoms with Gasteiger partial charge in [-0.3, -0.25) is 0 Å². The number of aliphatic hydroxyl groups excluding tert-OH is 1. The van der Waals surface area contributed by atoms with Crippen molar-refractivity contribution in [2.45, 2.75) is 37.6 Å². The summed E-state index contributed by atoms with van der Waals surface area (Å²) in [4.78, 5) is 0. The summed E-state index contributed by atoms with van der Waals surface area (Å²) < 4.78 is 50.9. The van der Waals surface area contributed by atoms with Crippen molar-refractivity contribution >= 4 is 0 Å². The van der Waals surface area contributed by atoms with E-state index < -0.39 is 29.7 Å². The summed E-state index contributed by atoms with van der Waals surface area (Å²) in [5.41, 5.74) is 4.60. The first kappa shape index (κ1) is 14.3. The lowest BCUT2D eigenvalue weighted by Crippen LogP contribution is -2.37. The predicted molar refractivity (Wildman–Crippen MR) is 61.7 cm³/mol. The highest BCUT2D eigenvalue weighted by molar-refractivity contribution is 5.29. The van der Waals surface area contributed by atoms with Crippen molar-refractivity contribution in [2.24, 2.45) is 11.7 Å². The summed E-state index contributed by atoms with van der Waals surface area (Å²) in [5, 5.41) is 9.93. The van der Waals surface area contributed by atoms with E-state index in [0.29, 0.717) is 6.07 Å². The van der Waals surface area contributed by atoms with Crippen molar-refractivity contribution in [1.29, 1.82) is 0 Å². The normalized spacial score (nSPS) is 19.9. The first-order chi connectivity index (χ1) is 8.80. The molecule has 1 fully saturated rings. The third kappa shape index (κ3) is 2.90. The number of nitrogens with two attached hydrogens (primary N) is 1. The molecule has 0 radical (unpaired) electrons. The molecule has 0 unspecified atom stereocenters. The van der Waals surface area contributed by atoms with Gasteiger partial charge in [-0.2, -0.15) is 13.2 Å². The predicted octanol–water partition coefficient (Wildman–Crippen LogP) is 3.01. The van der Waals surface area contributed by atoms with E-state index in [2.05, 4.69) is 0 Å². The van der Waals surface area contributed by atoms with E-state index in [1.165, 1.54) is 0 Å². The number of benzene rings is 1. The van der Waals surface area contributed by atoms with Crippen molar-refractivity contribution < 1.29 is 22.7 Å². The summed E-state index contributed by atoms with van der Waals surface area (Å²) >= 11 is 0. The third-order valence-corrected chi connectivity index (χ3v) is 3.69. The third-order valence-electron chi connectivity index (χ3n) is 3.69. The number of hydrogen-bond acceptors (Lipinski definition) is 2. The molecule has 0 saturated heterocycles. The van der Waals surface area contributed by atoms with E-state index in [0.717, 1.165) is 31.4 Å². The number of alkyl halides is 3. The molecule has 0 spiro atoms. The average Bonchev–Trinajstić information content (AvgIpc) is 2.24.